The van der Waals surface area contributed by atoms with Crippen LogP contribution < -0.4 is 5.73 Å². The van der Waals surface area contributed by atoms with Crippen LogP contribution in [0.25, 0.3) is 0 Å². The van der Waals surface area contributed by atoms with Gasteiger partial charge in [0, 0.05) is 24.7 Å². The first-order chi connectivity index (χ1) is 9.67. The molecule has 6 heteroatoms. The van der Waals surface area contributed by atoms with Gasteiger partial charge in [-0.25, -0.2) is 4.39 Å². The van der Waals surface area contributed by atoms with E-state index in [2.05, 4.69) is 17.0 Å². The van der Waals surface area contributed by atoms with Crippen LogP contribution in [0.3, 0.4) is 0 Å². The Morgan fingerprint density at radius 1 is 1.60 bits per heavy atom. The largest absolute Gasteiger partial charge is 0.409 e. The van der Waals surface area contributed by atoms with E-state index in [1.807, 2.05) is 0 Å². The van der Waals surface area contributed by atoms with Crippen molar-refractivity contribution in [1.82, 2.24) is 4.90 Å². The van der Waals surface area contributed by atoms with Crippen LogP contribution in [0.2, 0.25) is 0 Å². The highest BCUT2D eigenvalue weighted by Crippen LogP contribution is 2.19. The number of nitrogens with zero attached hydrogens (tertiary/aromatic N) is 2. The molecule has 110 valence electrons. The van der Waals surface area contributed by atoms with Crippen molar-refractivity contribution in [2.24, 2.45) is 10.9 Å². The fourth-order valence-corrected chi connectivity index (χ4v) is 2.45. The summed E-state index contributed by atoms with van der Waals surface area (Å²) in [4.78, 5) is 2.21. The summed E-state index contributed by atoms with van der Waals surface area (Å²) in [5.41, 5.74) is 6.16. The maximum atomic E-state index is 14.4. The lowest BCUT2D eigenvalue weighted by atomic mass is 10.1. The van der Waals surface area contributed by atoms with E-state index in [9.17, 15) is 4.39 Å². The molecular weight excluding hydrogens is 261 g/mol. The van der Waals surface area contributed by atoms with Crippen LogP contribution in [-0.4, -0.2) is 41.7 Å². The highest BCUT2D eigenvalue weighted by atomic mass is 19.1. The Morgan fingerprint density at radius 3 is 3.10 bits per heavy atom. The summed E-state index contributed by atoms with van der Waals surface area (Å²) in [5, 5.41) is 11.5. The van der Waals surface area contributed by atoms with Gasteiger partial charge in [0.2, 0.25) is 0 Å². The molecule has 1 aromatic carbocycles. The smallest absolute Gasteiger partial charge is 0.173 e. The summed E-state index contributed by atoms with van der Waals surface area (Å²) in [7, 11) is 0. The minimum Gasteiger partial charge on any atom is -0.409 e. The number of halogens is 1. The second-order valence-corrected chi connectivity index (χ2v) is 4.87. The Bertz CT molecular complexity index is 493. The standard InChI is InChI=1S/C14H20FN3O2/c1-2-11-9-20-7-6-18(11)8-10-4-3-5-12(13(10)15)14(16)17-19/h3-5,11,19H,2,6-9H2,1H3,(H2,16,17). The molecule has 1 aliphatic rings. The molecule has 2 rings (SSSR count). The first-order valence-corrected chi connectivity index (χ1v) is 6.74. The minimum absolute atomic E-state index is 0.131. The number of hydrogen-bond donors (Lipinski definition) is 2. The van der Waals surface area contributed by atoms with Gasteiger partial charge in [-0.3, -0.25) is 4.90 Å². The topological polar surface area (TPSA) is 71.1 Å². The van der Waals surface area contributed by atoms with Gasteiger partial charge in [-0.1, -0.05) is 24.2 Å². The van der Waals surface area contributed by atoms with Gasteiger partial charge in [-0.15, -0.1) is 0 Å². The van der Waals surface area contributed by atoms with Gasteiger partial charge in [-0.05, 0) is 12.5 Å². The van der Waals surface area contributed by atoms with Crippen LogP contribution in [0.15, 0.2) is 23.4 Å². The normalized spacial score (nSPS) is 21.1. The lowest BCUT2D eigenvalue weighted by Gasteiger charge is -2.35. The summed E-state index contributed by atoms with van der Waals surface area (Å²) in [6.45, 7) is 4.72. The summed E-state index contributed by atoms with van der Waals surface area (Å²) < 4.78 is 19.8. The average molecular weight is 281 g/mol. The summed E-state index contributed by atoms with van der Waals surface area (Å²) in [6, 6.07) is 5.25. The van der Waals surface area contributed by atoms with Crippen LogP contribution in [-0.2, 0) is 11.3 Å². The van der Waals surface area contributed by atoms with Crippen LogP contribution in [0.4, 0.5) is 4.39 Å². The summed E-state index contributed by atoms with van der Waals surface area (Å²) in [6.07, 6.45) is 0.960. The molecule has 0 bridgehead atoms. The van der Waals surface area contributed by atoms with E-state index in [0.29, 0.717) is 31.4 Å². The van der Waals surface area contributed by atoms with Crippen LogP contribution in [0.1, 0.15) is 24.5 Å². The third kappa shape index (κ3) is 3.08. The zero-order valence-corrected chi connectivity index (χ0v) is 11.6. The van der Waals surface area contributed by atoms with Crippen molar-refractivity contribution in [2.45, 2.75) is 25.9 Å². The molecule has 1 unspecified atom stereocenters. The van der Waals surface area contributed by atoms with E-state index < -0.39 is 5.82 Å². The molecular formula is C14H20FN3O2. The number of rotatable bonds is 4. The molecule has 0 radical (unpaired) electrons. The molecule has 1 heterocycles. The number of benzene rings is 1. The molecule has 0 aromatic heterocycles. The monoisotopic (exact) mass is 281 g/mol. The van der Waals surface area contributed by atoms with Gasteiger partial charge in [0.05, 0.1) is 18.8 Å². The lowest BCUT2D eigenvalue weighted by molar-refractivity contribution is -0.0131. The summed E-state index contributed by atoms with van der Waals surface area (Å²) >= 11 is 0. The van der Waals surface area contributed by atoms with E-state index in [1.54, 1.807) is 12.1 Å². The van der Waals surface area contributed by atoms with Gasteiger partial charge in [0.25, 0.3) is 0 Å². The minimum atomic E-state index is -0.427. The number of nitrogens with two attached hydrogens (primary N) is 1. The maximum absolute atomic E-state index is 14.4. The predicted molar refractivity (Wildman–Crippen MR) is 74.2 cm³/mol. The molecule has 1 saturated heterocycles. The van der Waals surface area contributed by atoms with Gasteiger partial charge in [-0.2, -0.15) is 0 Å². The van der Waals surface area contributed by atoms with Crippen LogP contribution >= 0.6 is 0 Å². The van der Waals surface area contributed by atoms with Crippen molar-refractivity contribution in [1.29, 1.82) is 0 Å². The van der Waals surface area contributed by atoms with Crippen LogP contribution in [0.5, 0.6) is 0 Å². The molecule has 0 aliphatic carbocycles. The Kier molecular flexibility index (Phi) is 4.92. The van der Waals surface area contributed by atoms with Crippen molar-refractivity contribution in [3.8, 4) is 0 Å². The second kappa shape index (κ2) is 6.67. The van der Waals surface area contributed by atoms with Crippen molar-refractivity contribution < 1.29 is 14.3 Å². The average Bonchev–Trinajstić information content (AvgIpc) is 2.49. The zero-order valence-electron chi connectivity index (χ0n) is 11.6. The highest BCUT2D eigenvalue weighted by molar-refractivity contribution is 5.97. The molecule has 5 nitrogen and oxygen atoms in total. The molecule has 20 heavy (non-hydrogen) atoms. The molecule has 3 N–H and O–H groups in total. The van der Waals surface area contributed by atoms with E-state index in [0.717, 1.165) is 13.0 Å². The number of oxime groups is 1. The van der Waals surface area contributed by atoms with Crippen LogP contribution in [0, 0.1) is 5.82 Å². The van der Waals surface area contributed by atoms with E-state index in [1.165, 1.54) is 6.07 Å². The number of amidine groups is 1. The Balaban J connectivity index is 2.21. The third-order valence-corrected chi connectivity index (χ3v) is 3.66. The van der Waals surface area contributed by atoms with E-state index in [4.69, 9.17) is 15.7 Å². The highest BCUT2D eigenvalue weighted by Gasteiger charge is 2.23. The molecule has 0 spiro atoms. The van der Waals surface area contributed by atoms with Gasteiger partial charge in [0.1, 0.15) is 5.82 Å². The van der Waals surface area contributed by atoms with Gasteiger partial charge >= 0.3 is 0 Å². The third-order valence-electron chi connectivity index (χ3n) is 3.66. The quantitative estimate of drug-likeness (QED) is 0.380. The Labute approximate surface area is 117 Å². The van der Waals surface area contributed by atoms with Gasteiger partial charge < -0.3 is 15.7 Å². The maximum Gasteiger partial charge on any atom is 0.173 e. The van der Waals surface area contributed by atoms with Crippen molar-refractivity contribution in [2.75, 3.05) is 19.8 Å². The lowest BCUT2D eigenvalue weighted by Crippen LogP contribution is -2.44. The van der Waals surface area contributed by atoms with Crippen molar-refractivity contribution in [3.63, 3.8) is 0 Å². The number of hydrogen-bond acceptors (Lipinski definition) is 4. The molecule has 1 aromatic rings. The molecule has 1 aliphatic heterocycles. The SMILES string of the molecule is CCC1COCCN1Cc1cccc(/C(N)=N/O)c1F. The summed E-state index contributed by atoms with van der Waals surface area (Å²) in [5.74, 6) is -0.637. The van der Waals surface area contributed by atoms with E-state index in [-0.39, 0.29) is 11.4 Å². The zero-order chi connectivity index (χ0) is 14.5. The Hall–Kier alpha value is -1.66. The fourth-order valence-electron chi connectivity index (χ4n) is 2.45. The van der Waals surface area contributed by atoms with Crippen molar-refractivity contribution in [3.05, 3.63) is 35.1 Å². The van der Waals surface area contributed by atoms with E-state index >= 15 is 0 Å². The molecule has 0 saturated carbocycles. The fraction of sp³-hybridized carbons (Fsp3) is 0.500. The Morgan fingerprint density at radius 2 is 2.40 bits per heavy atom. The molecule has 1 fully saturated rings. The first kappa shape index (κ1) is 14.7. The number of ether oxygens (including phenoxy) is 1. The number of morpholine rings is 1. The van der Waals surface area contributed by atoms with Gasteiger partial charge in [0.15, 0.2) is 5.84 Å². The molecule has 1 atom stereocenters. The predicted octanol–water partition coefficient (Wildman–Crippen LogP) is 1.53. The molecule has 0 amide bonds. The first-order valence-electron chi connectivity index (χ1n) is 6.74. The second-order valence-electron chi connectivity index (χ2n) is 4.87. The van der Waals surface area contributed by atoms with Crippen molar-refractivity contribution >= 4 is 5.84 Å².